The quantitative estimate of drug-likeness (QED) is 0.860. The molecule has 1 aromatic carbocycles. The molecule has 1 amide bonds. The lowest BCUT2D eigenvalue weighted by molar-refractivity contribution is 0.0768. The van der Waals surface area contributed by atoms with E-state index in [9.17, 15) is 4.79 Å². The summed E-state index contributed by atoms with van der Waals surface area (Å²) in [6.07, 6.45) is 5.19. The van der Waals surface area contributed by atoms with E-state index in [0.29, 0.717) is 11.7 Å². The number of aryl methyl sites for hydroxylation is 1. The van der Waals surface area contributed by atoms with Crippen molar-refractivity contribution in [3.8, 4) is 0 Å². The Kier molecular flexibility index (Phi) is 4.27. The normalized spacial score (nSPS) is 20.2. The predicted octanol–water partition coefficient (Wildman–Crippen LogP) is 2.97. The molecule has 1 saturated heterocycles. The van der Waals surface area contributed by atoms with Crippen molar-refractivity contribution >= 4 is 17.5 Å². The summed E-state index contributed by atoms with van der Waals surface area (Å²) in [6, 6.07) is 8.00. The number of fused-ring (bicyclic) bond motifs is 1. The molecule has 126 valence electrons. The fourth-order valence-corrected chi connectivity index (χ4v) is 3.87. The minimum absolute atomic E-state index is 0.0363. The fourth-order valence-electron chi connectivity index (χ4n) is 3.75. The zero-order valence-electron chi connectivity index (χ0n) is 13.6. The van der Waals surface area contributed by atoms with E-state index in [1.165, 1.54) is 5.56 Å². The van der Waals surface area contributed by atoms with Gasteiger partial charge < -0.3 is 9.47 Å². The van der Waals surface area contributed by atoms with Crippen LogP contribution in [0.25, 0.3) is 0 Å². The van der Waals surface area contributed by atoms with Gasteiger partial charge in [-0.3, -0.25) is 4.79 Å². The molecule has 1 fully saturated rings. The van der Waals surface area contributed by atoms with E-state index >= 15 is 0 Å². The lowest BCUT2D eigenvalue weighted by Gasteiger charge is -2.19. The summed E-state index contributed by atoms with van der Waals surface area (Å²) in [5.41, 5.74) is 1.28. The zero-order valence-corrected chi connectivity index (χ0v) is 14.4. The van der Waals surface area contributed by atoms with Gasteiger partial charge in [-0.25, -0.2) is 0 Å². The summed E-state index contributed by atoms with van der Waals surface area (Å²) in [5, 5.41) is 9.13. The number of halogens is 1. The van der Waals surface area contributed by atoms with Crippen LogP contribution in [-0.4, -0.2) is 38.7 Å². The highest BCUT2D eigenvalue weighted by molar-refractivity contribution is 6.30. The average molecular weight is 345 g/mol. The number of hydrogen-bond donors (Lipinski definition) is 0. The van der Waals surface area contributed by atoms with Crippen molar-refractivity contribution in [1.29, 1.82) is 0 Å². The van der Waals surface area contributed by atoms with Crippen LogP contribution in [0.1, 0.15) is 41.3 Å². The number of likely N-dealkylation sites (tertiary alicyclic amines) is 1. The number of hydrogen-bond acceptors (Lipinski definition) is 3. The van der Waals surface area contributed by atoms with Gasteiger partial charge in [0.25, 0.3) is 5.91 Å². The molecule has 0 bridgehead atoms. The number of benzene rings is 1. The summed E-state index contributed by atoms with van der Waals surface area (Å²) in [7, 11) is 0. The van der Waals surface area contributed by atoms with E-state index in [-0.39, 0.29) is 5.91 Å². The van der Waals surface area contributed by atoms with Crippen LogP contribution in [0.15, 0.2) is 24.3 Å². The van der Waals surface area contributed by atoms with Gasteiger partial charge in [-0.05, 0) is 49.3 Å². The summed E-state index contributed by atoms with van der Waals surface area (Å²) in [6.45, 7) is 2.47. The molecule has 0 N–H and O–H groups in total. The van der Waals surface area contributed by atoms with Gasteiger partial charge >= 0.3 is 0 Å². The Morgan fingerprint density at radius 2 is 2.00 bits per heavy atom. The Labute approximate surface area is 146 Å². The molecule has 1 aromatic heterocycles. The molecule has 2 aliphatic heterocycles. The molecule has 2 aromatic rings. The first kappa shape index (κ1) is 15.6. The Balaban J connectivity index is 1.42. The monoisotopic (exact) mass is 344 g/mol. The van der Waals surface area contributed by atoms with Crippen LogP contribution >= 0.6 is 11.6 Å². The molecule has 1 atom stereocenters. The molecule has 0 spiro atoms. The van der Waals surface area contributed by atoms with Crippen LogP contribution in [-0.2, 0) is 19.4 Å². The van der Waals surface area contributed by atoms with Gasteiger partial charge in [0.15, 0.2) is 0 Å². The Hall–Kier alpha value is -1.88. The molecule has 6 heteroatoms. The van der Waals surface area contributed by atoms with Gasteiger partial charge in [0.2, 0.25) is 5.82 Å². The molecule has 3 heterocycles. The van der Waals surface area contributed by atoms with Gasteiger partial charge in [-0.15, -0.1) is 10.2 Å². The van der Waals surface area contributed by atoms with Crippen molar-refractivity contribution in [2.24, 2.45) is 5.92 Å². The smallest absolute Gasteiger partial charge is 0.291 e. The fraction of sp³-hybridized carbons (Fsp3) is 0.500. The van der Waals surface area contributed by atoms with E-state index in [2.05, 4.69) is 22.3 Å². The highest BCUT2D eigenvalue weighted by atomic mass is 35.5. The second kappa shape index (κ2) is 6.55. The molecule has 0 aliphatic carbocycles. The summed E-state index contributed by atoms with van der Waals surface area (Å²) < 4.78 is 2.01. The number of aromatic nitrogens is 3. The van der Waals surface area contributed by atoms with E-state index in [4.69, 9.17) is 11.6 Å². The largest absolute Gasteiger partial charge is 0.336 e. The van der Waals surface area contributed by atoms with Gasteiger partial charge in [0.1, 0.15) is 5.82 Å². The highest BCUT2D eigenvalue weighted by Crippen LogP contribution is 2.24. The van der Waals surface area contributed by atoms with Gasteiger partial charge in [-0.1, -0.05) is 23.7 Å². The topological polar surface area (TPSA) is 51.0 Å². The molecular weight excluding hydrogens is 324 g/mol. The third-order valence-corrected chi connectivity index (χ3v) is 5.31. The number of carbonyl (C=O) groups is 1. The Morgan fingerprint density at radius 3 is 2.83 bits per heavy atom. The van der Waals surface area contributed by atoms with Crippen molar-refractivity contribution < 1.29 is 4.79 Å². The molecule has 0 saturated carbocycles. The van der Waals surface area contributed by atoms with Crippen LogP contribution in [0.4, 0.5) is 0 Å². The molecule has 2 aliphatic rings. The third-order valence-electron chi connectivity index (χ3n) is 5.06. The Morgan fingerprint density at radius 1 is 1.17 bits per heavy atom. The lowest BCUT2D eigenvalue weighted by atomic mass is 9.99. The SMILES string of the molecule is O=C(c1nnc2n1CCCC2)N1CCC(Cc2ccc(Cl)cc2)C1. The molecular formula is C18H21ClN4O. The van der Waals surface area contributed by atoms with Crippen LogP contribution in [0.5, 0.6) is 0 Å². The van der Waals surface area contributed by atoms with Gasteiger partial charge in [-0.2, -0.15) is 0 Å². The molecule has 0 radical (unpaired) electrons. The number of rotatable bonds is 3. The van der Waals surface area contributed by atoms with E-state index in [0.717, 1.165) is 62.6 Å². The van der Waals surface area contributed by atoms with Crippen LogP contribution < -0.4 is 0 Å². The second-order valence-electron chi connectivity index (χ2n) is 6.79. The standard InChI is InChI=1S/C18H21ClN4O/c19-15-6-4-13(5-7-15)11-14-8-10-22(12-14)18(24)17-21-20-16-3-1-2-9-23(16)17/h4-7,14H,1-3,8-12H2. The van der Waals surface area contributed by atoms with Crippen LogP contribution in [0.2, 0.25) is 5.02 Å². The first-order valence-corrected chi connectivity index (χ1v) is 9.04. The van der Waals surface area contributed by atoms with E-state index in [1.807, 2.05) is 21.6 Å². The van der Waals surface area contributed by atoms with Crippen molar-refractivity contribution in [2.45, 2.75) is 38.6 Å². The third kappa shape index (κ3) is 3.05. The first-order valence-electron chi connectivity index (χ1n) is 8.66. The minimum Gasteiger partial charge on any atom is -0.336 e. The first-order chi connectivity index (χ1) is 11.7. The molecule has 5 nitrogen and oxygen atoms in total. The summed E-state index contributed by atoms with van der Waals surface area (Å²) in [5.74, 6) is 2.02. The minimum atomic E-state index is 0.0363. The molecule has 24 heavy (non-hydrogen) atoms. The number of carbonyl (C=O) groups excluding carboxylic acids is 1. The maximum Gasteiger partial charge on any atom is 0.291 e. The van der Waals surface area contributed by atoms with Crippen molar-refractivity contribution in [1.82, 2.24) is 19.7 Å². The number of nitrogens with zero attached hydrogens (tertiary/aromatic N) is 4. The van der Waals surface area contributed by atoms with Crippen LogP contribution in [0.3, 0.4) is 0 Å². The summed E-state index contributed by atoms with van der Waals surface area (Å²) >= 11 is 5.94. The maximum absolute atomic E-state index is 12.8. The lowest BCUT2D eigenvalue weighted by Crippen LogP contribution is -2.32. The van der Waals surface area contributed by atoms with E-state index in [1.54, 1.807) is 0 Å². The second-order valence-corrected chi connectivity index (χ2v) is 7.22. The average Bonchev–Trinajstić information content (AvgIpc) is 3.23. The number of amides is 1. The maximum atomic E-state index is 12.8. The molecule has 4 rings (SSSR count). The van der Waals surface area contributed by atoms with Crippen molar-refractivity contribution in [3.05, 3.63) is 46.5 Å². The van der Waals surface area contributed by atoms with Crippen molar-refractivity contribution in [2.75, 3.05) is 13.1 Å². The Bertz CT molecular complexity index is 740. The van der Waals surface area contributed by atoms with Crippen molar-refractivity contribution in [3.63, 3.8) is 0 Å². The van der Waals surface area contributed by atoms with Crippen LogP contribution in [0, 0.1) is 5.92 Å². The highest BCUT2D eigenvalue weighted by Gasteiger charge is 2.31. The van der Waals surface area contributed by atoms with Gasteiger partial charge in [0, 0.05) is 31.1 Å². The molecule has 1 unspecified atom stereocenters. The van der Waals surface area contributed by atoms with E-state index < -0.39 is 0 Å². The predicted molar refractivity (Wildman–Crippen MR) is 92.1 cm³/mol. The summed E-state index contributed by atoms with van der Waals surface area (Å²) in [4.78, 5) is 14.7. The zero-order chi connectivity index (χ0) is 16.5. The van der Waals surface area contributed by atoms with Gasteiger partial charge in [0.05, 0.1) is 0 Å².